The van der Waals surface area contributed by atoms with Crippen LogP contribution in [0.25, 0.3) is 21.7 Å². The molecule has 78 valence electrons. The van der Waals surface area contributed by atoms with Gasteiger partial charge in [-0.15, -0.1) is 11.3 Å². The summed E-state index contributed by atoms with van der Waals surface area (Å²) in [5.74, 6) is 0. The van der Waals surface area contributed by atoms with Crippen molar-refractivity contribution in [2.45, 2.75) is 0 Å². The van der Waals surface area contributed by atoms with Crippen molar-refractivity contribution < 1.29 is 0 Å². The summed E-state index contributed by atoms with van der Waals surface area (Å²) in [4.78, 5) is 23.7. The summed E-state index contributed by atoms with van der Waals surface area (Å²) in [5.41, 5.74) is 1.47. The molecule has 0 aromatic carbocycles. The first-order valence-corrected chi connectivity index (χ1v) is 5.61. The van der Waals surface area contributed by atoms with Crippen LogP contribution in [0.2, 0.25) is 0 Å². The van der Waals surface area contributed by atoms with Gasteiger partial charge in [-0.05, 0) is 23.6 Å². The lowest BCUT2D eigenvalue weighted by molar-refractivity contribution is 1.18. The number of rotatable bonds is 1. The second-order valence-electron chi connectivity index (χ2n) is 3.26. The lowest BCUT2D eigenvalue weighted by atomic mass is 10.3. The number of hydrogen-bond acceptors (Lipinski definition) is 4. The van der Waals surface area contributed by atoms with Crippen LogP contribution in [0, 0.1) is 0 Å². The Bertz CT molecular complexity index is 688. The van der Waals surface area contributed by atoms with Gasteiger partial charge in [0.2, 0.25) is 0 Å². The van der Waals surface area contributed by atoms with Gasteiger partial charge in [-0.3, -0.25) is 4.79 Å². The quantitative estimate of drug-likeness (QED) is 0.694. The Labute approximate surface area is 94.6 Å². The highest BCUT2D eigenvalue weighted by molar-refractivity contribution is 7.13. The van der Waals surface area contributed by atoms with Gasteiger partial charge >= 0.3 is 0 Å². The van der Waals surface area contributed by atoms with Crippen molar-refractivity contribution in [2.24, 2.45) is 0 Å². The van der Waals surface area contributed by atoms with Crippen LogP contribution < -0.4 is 5.56 Å². The smallest absolute Gasteiger partial charge is 0.276 e. The summed E-state index contributed by atoms with van der Waals surface area (Å²) in [6.07, 6.45) is 1.63. The van der Waals surface area contributed by atoms with Crippen LogP contribution in [0.4, 0.5) is 0 Å². The lowest BCUT2D eigenvalue weighted by Crippen LogP contribution is -2.11. The number of hydrogen-bond donors (Lipinski definition) is 1. The molecule has 0 aliphatic rings. The molecule has 1 N–H and O–H groups in total. The molecule has 0 amide bonds. The van der Waals surface area contributed by atoms with Gasteiger partial charge in [0.25, 0.3) is 5.56 Å². The van der Waals surface area contributed by atoms with Crippen LogP contribution in [0.3, 0.4) is 0 Å². The maximum atomic E-state index is 11.8. The predicted octanol–water partition coefficient (Wildman–Crippen LogP) is 2.05. The highest BCUT2D eigenvalue weighted by atomic mass is 32.1. The van der Waals surface area contributed by atoms with Gasteiger partial charge in [0.05, 0.1) is 4.88 Å². The van der Waals surface area contributed by atoms with Gasteiger partial charge in [0.15, 0.2) is 5.65 Å². The van der Waals surface area contributed by atoms with E-state index < -0.39 is 0 Å². The Kier molecular flexibility index (Phi) is 2.04. The van der Waals surface area contributed by atoms with E-state index in [0.29, 0.717) is 16.9 Å². The minimum Gasteiger partial charge on any atom is -0.303 e. The van der Waals surface area contributed by atoms with E-state index in [1.165, 1.54) is 11.3 Å². The minimum atomic E-state index is -0.200. The van der Waals surface area contributed by atoms with Crippen molar-refractivity contribution in [3.63, 3.8) is 0 Å². The summed E-state index contributed by atoms with van der Waals surface area (Å²) < 4.78 is 0. The first-order valence-electron chi connectivity index (χ1n) is 4.73. The van der Waals surface area contributed by atoms with E-state index in [4.69, 9.17) is 0 Å². The molecule has 0 radical (unpaired) electrons. The van der Waals surface area contributed by atoms with Crippen molar-refractivity contribution in [1.82, 2.24) is 15.0 Å². The van der Waals surface area contributed by atoms with E-state index in [0.717, 1.165) is 4.88 Å². The fraction of sp³-hybridized carbons (Fsp3) is 0. The summed E-state index contributed by atoms with van der Waals surface area (Å²) in [7, 11) is 0. The lowest BCUT2D eigenvalue weighted by Gasteiger charge is -1.98. The molecule has 3 heterocycles. The number of H-pyrrole nitrogens is 1. The molecule has 3 aromatic rings. The number of fused-ring (bicyclic) bond motifs is 1. The molecule has 16 heavy (non-hydrogen) atoms. The summed E-state index contributed by atoms with van der Waals surface area (Å²) in [6, 6.07) is 7.40. The van der Waals surface area contributed by atoms with E-state index >= 15 is 0 Å². The van der Waals surface area contributed by atoms with Crippen LogP contribution in [0.15, 0.2) is 40.6 Å². The fourth-order valence-electron chi connectivity index (χ4n) is 1.50. The van der Waals surface area contributed by atoms with Crippen molar-refractivity contribution >= 4 is 22.5 Å². The molecule has 3 aromatic heterocycles. The summed E-state index contributed by atoms with van der Waals surface area (Å²) in [6.45, 7) is 0. The van der Waals surface area contributed by atoms with E-state index in [2.05, 4.69) is 15.0 Å². The number of aromatic amines is 1. The average Bonchev–Trinajstić information content (AvgIpc) is 2.81. The summed E-state index contributed by atoms with van der Waals surface area (Å²) >= 11 is 1.50. The normalized spacial score (nSPS) is 10.8. The minimum absolute atomic E-state index is 0.200. The molecule has 0 bridgehead atoms. The standard InChI is InChI=1S/C11H7N3OS/c15-11-9(8-4-2-6-16-8)13-7-3-1-5-12-10(7)14-11/h1-6H,(H,12,14,15). The molecule has 0 saturated heterocycles. The molecule has 5 heteroatoms. The van der Waals surface area contributed by atoms with E-state index in [9.17, 15) is 4.79 Å². The SMILES string of the molecule is O=c1[nH]c2ncccc2nc1-c1cccs1. The second kappa shape index (κ2) is 3.53. The Balaban J connectivity index is 2.34. The first kappa shape index (κ1) is 9.23. The first-order chi connectivity index (χ1) is 7.84. The molecule has 0 spiro atoms. The van der Waals surface area contributed by atoms with Crippen LogP contribution >= 0.6 is 11.3 Å². The number of pyridine rings is 1. The Morgan fingerprint density at radius 3 is 3.00 bits per heavy atom. The van der Waals surface area contributed by atoms with Gasteiger partial charge < -0.3 is 4.98 Å². The zero-order chi connectivity index (χ0) is 11.0. The molecule has 0 fully saturated rings. The van der Waals surface area contributed by atoms with Crippen molar-refractivity contribution in [3.8, 4) is 10.6 Å². The van der Waals surface area contributed by atoms with E-state index in [-0.39, 0.29) is 5.56 Å². The molecule has 0 unspecified atom stereocenters. The third-order valence-electron chi connectivity index (χ3n) is 2.22. The van der Waals surface area contributed by atoms with Gasteiger partial charge in [0, 0.05) is 6.20 Å². The van der Waals surface area contributed by atoms with Crippen molar-refractivity contribution in [1.29, 1.82) is 0 Å². The zero-order valence-electron chi connectivity index (χ0n) is 8.18. The third-order valence-corrected chi connectivity index (χ3v) is 3.10. The number of nitrogens with one attached hydrogen (secondary N) is 1. The Hall–Kier alpha value is -2.01. The number of nitrogens with zero attached hydrogens (tertiary/aromatic N) is 2. The fourth-order valence-corrected chi connectivity index (χ4v) is 2.21. The molecule has 0 saturated carbocycles. The topological polar surface area (TPSA) is 58.6 Å². The van der Waals surface area contributed by atoms with Crippen LogP contribution in [-0.4, -0.2) is 15.0 Å². The monoisotopic (exact) mass is 229 g/mol. The van der Waals surface area contributed by atoms with Gasteiger partial charge in [-0.1, -0.05) is 6.07 Å². The molecule has 0 aliphatic carbocycles. The van der Waals surface area contributed by atoms with Crippen molar-refractivity contribution in [3.05, 3.63) is 46.2 Å². The summed E-state index contributed by atoms with van der Waals surface area (Å²) in [5, 5.41) is 1.92. The van der Waals surface area contributed by atoms with Gasteiger partial charge in [0.1, 0.15) is 11.2 Å². The van der Waals surface area contributed by atoms with Crippen molar-refractivity contribution in [2.75, 3.05) is 0 Å². The van der Waals surface area contributed by atoms with Crippen LogP contribution in [-0.2, 0) is 0 Å². The maximum Gasteiger partial charge on any atom is 0.276 e. The molecular weight excluding hydrogens is 222 g/mol. The molecule has 3 rings (SSSR count). The predicted molar refractivity (Wildman–Crippen MR) is 63.5 cm³/mol. The molecule has 0 aliphatic heterocycles. The highest BCUT2D eigenvalue weighted by Gasteiger charge is 2.07. The molecule has 0 atom stereocenters. The third kappa shape index (κ3) is 1.42. The Morgan fingerprint density at radius 2 is 2.19 bits per heavy atom. The number of thiophene rings is 1. The second-order valence-corrected chi connectivity index (χ2v) is 4.21. The van der Waals surface area contributed by atoms with Crippen LogP contribution in [0.5, 0.6) is 0 Å². The van der Waals surface area contributed by atoms with Gasteiger partial charge in [-0.25, -0.2) is 9.97 Å². The maximum absolute atomic E-state index is 11.8. The van der Waals surface area contributed by atoms with Crippen LogP contribution in [0.1, 0.15) is 0 Å². The molecular formula is C11H7N3OS. The Morgan fingerprint density at radius 1 is 1.25 bits per heavy atom. The average molecular weight is 229 g/mol. The van der Waals surface area contributed by atoms with E-state index in [1.807, 2.05) is 23.6 Å². The number of aromatic nitrogens is 3. The van der Waals surface area contributed by atoms with E-state index in [1.54, 1.807) is 12.3 Å². The highest BCUT2D eigenvalue weighted by Crippen LogP contribution is 2.20. The van der Waals surface area contributed by atoms with Gasteiger partial charge in [-0.2, -0.15) is 0 Å². The molecule has 4 nitrogen and oxygen atoms in total. The zero-order valence-corrected chi connectivity index (χ0v) is 8.99. The largest absolute Gasteiger partial charge is 0.303 e.